The molecule has 0 aliphatic rings. The van der Waals surface area contributed by atoms with Crippen molar-refractivity contribution in [1.29, 1.82) is 0 Å². The standard InChI is InChI=1S/C21H18N4O3S/c1-26-17-10-9-16(12-19(17)28-14-15-6-3-2-4-7-15)13-22-25-20(23-24-21(25)29)18-8-5-11-27-18/h2-13H,14H2,1H3,(H,24,29)/b22-13+. The number of hydrogen-bond donors (Lipinski definition) is 1. The summed E-state index contributed by atoms with van der Waals surface area (Å²) in [6.45, 7) is 0.438. The number of ether oxygens (including phenoxy) is 2. The molecular formula is C21H18N4O3S. The molecule has 0 saturated carbocycles. The first-order valence-electron chi connectivity index (χ1n) is 8.85. The molecule has 0 atom stereocenters. The Morgan fingerprint density at radius 3 is 2.76 bits per heavy atom. The summed E-state index contributed by atoms with van der Waals surface area (Å²) in [5, 5.41) is 11.3. The van der Waals surface area contributed by atoms with Crippen LogP contribution in [-0.4, -0.2) is 28.2 Å². The summed E-state index contributed by atoms with van der Waals surface area (Å²) in [5.74, 6) is 2.33. The number of nitrogens with one attached hydrogen (secondary N) is 1. The van der Waals surface area contributed by atoms with Crippen molar-refractivity contribution >= 4 is 18.4 Å². The van der Waals surface area contributed by atoms with Crippen LogP contribution >= 0.6 is 12.2 Å². The Hall–Kier alpha value is -3.65. The number of benzene rings is 2. The van der Waals surface area contributed by atoms with Crippen molar-refractivity contribution in [3.05, 3.63) is 82.8 Å². The van der Waals surface area contributed by atoms with Gasteiger partial charge in [-0.15, -0.1) is 5.10 Å². The first-order valence-corrected chi connectivity index (χ1v) is 9.26. The largest absolute Gasteiger partial charge is 0.493 e. The van der Waals surface area contributed by atoms with Gasteiger partial charge in [-0.1, -0.05) is 30.3 Å². The second kappa shape index (κ2) is 8.57. The van der Waals surface area contributed by atoms with Crippen LogP contribution < -0.4 is 9.47 Å². The van der Waals surface area contributed by atoms with Gasteiger partial charge >= 0.3 is 0 Å². The predicted octanol–water partition coefficient (Wildman–Crippen LogP) is 4.67. The lowest BCUT2D eigenvalue weighted by atomic mass is 10.2. The molecule has 0 radical (unpaired) electrons. The second-order valence-corrected chi connectivity index (χ2v) is 6.46. The zero-order chi connectivity index (χ0) is 20.1. The molecule has 1 N–H and O–H groups in total. The van der Waals surface area contributed by atoms with Crippen LogP contribution in [-0.2, 0) is 6.61 Å². The fourth-order valence-electron chi connectivity index (χ4n) is 2.71. The average molecular weight is 406 g/mol. The number of aromatic amines is 1. The fourth-order valence-corrected chi connectivity index (χ4v) is 2.89. The third kappa shape index (κ3) is 4.27. The number of rotatable bonds is 7. The Morgan fingerprint density at radius 2 is 2.00 bits per heavy atom. The monoisotopic (exact) mass is 406 g/mol. The van der Waals surface area contributed by atoms with E-state index in [9.17, 15) is 0 Å². The van der Waals surface area contributed by atoms with E-state index in [0.717, 1.165) is 11.1 Å². The number of furan rings is 1. The van der Waals surface area contributed by atoms with Gasteiger partial charge in [-0.3, -0.25) is 0 Å². The molecule has 2 aromatic carbocycles. The molecule has 4 rings (SSSR count). The maximum absolute atomic E-state index is 5.95. The number of hydrogen-bond acceptors (Lipinski definition) is 6. The highest BCUT2D eigenvalue weighted by Crippen LogP contribution is 2.28. The Balaban J connectivity index is 1.58. The molecule has 4 aromatic rings. The molecule has 0 amide bonds. The van der Waals surface area contributed by atoms with E-state index in [1.807, 2.05) is 48.5 Å². The molecule has 0 spiro atoms. The number of methoxy groups -OCH3 is 1. The SMILES string of the molecule is COc1ccc(/C=N/n2c(-c3ccco3)n[nH]c2=S)cc1OCc1ccccc1. The second-order valence-electron chi connectivity index (χ2n) is 6.07. The molecule has 0 unspecified atom stereocenters. The minimum atomic E-state index is 0.363. The van der Waals surface area contributed by atoms with Gasteiger partial charge in [-0.2, -0.15) is 9.78 Å². The topological polar surface area (TPSA) is 77.6 Å². The zero-order valence-corrected chi connectivity index (χ0v) is 16.4. The molecule has 0 fully saturated rings. The van der Waals surface area contributed by atoms with Gasteiger partial charge in [0.05, 0.1) is 19.6 Å². The minimum absolute atomic E-state index is 0.363. The molecule has 0 bridgehead atoms. The summed E-state index contributed by atoms with van der Waals surface area (Å²) < 4.78 is 18.6. The van der Waals surface area contributed by atoms with Crippen molar-refractivity contribution in [3.8, 4) is 23.1 Å². The Bertz CT molecular complexity index is 1160. The van der Waals surface area contributed by atoms with Crippen molar-refractivity contribution in [2.24, 2.45) is 5.10 Å². The molecule has 8 heteroatoms. The maximum Gasteiger partial charge on any atom is 0.219 e. The van der Waals surface area contributed by atoms with E-state index in [-0.39, 0.29) is 0 Å². The third-order valence-corrected chi connectivity index (χ3v) is 4.40. The van der Waals surface area contributed by atoms with E-state index < -0.39 is 0 Å². The quantitative estimate of drug-likeness (QED) is 0.356. The first kappa shape index (κ1) is 18.7. The molecule has 7 nitrogen and oxygen atoms in total. The summed E-state index contributed by atoms with van der Waals surface area (Å²) in [5.41, 5.74) is 1.89. The van der Waals surface area contributed by atoms with Crippen LogP contribution in [0.5, 0.6) is 11.5 Å². The van der Waals surface area contributed by atoms with Crippen molar-refractivity contribution in [2.75, 3.05) is 7.11 Å². The van der Waals surface area contributed by atoms with Gasteiger partial charge in [0.2, 0.25) is 10.6 Å². The molecule has 0 aliphatic heterocycles. The fraction of sp³-hybridized carbons (Fsp3) is 0.0952. The molecular weight excluding hydrogens is 388 g/mol. The highest BCUT2D eigenvalue weighted by molar-refractivity contribution is 7.71. The zero-order valence-electron chi connectivity index (χ0n) is 15.6. The van der Waals surface area contributed by atoms with E-state index in [0.29, 0.717) is 34.5 Å². The van der Waals surface area contributed by atoms with Gasteiger partial charge in [-0.05, 0) is 53.7 Å². The minimum Gasteiger partial charge on any atom is -0.493 e. The Labute approximate surface area is 172 Å². The lowest BCUT2D eigenvalue weighted by molar-refractivity contribution is 0.284. The smallest absolute Gasteiger partial charge is 0.219 e. The first-order chi connectivity index (χ1) is 14.2. The van der Waals surface area contributed by atoms with Crippen LogP contribution in [0.15, 0.2) is 76.4 Å². The molecule has 2 heterocycles. The predicted molar refractivity (Wildman–Crippen MR) is 112 cm³/mol. The van der Waals surface area contributed by atoms with E-state index in [1.165, 1.54) is 4.68 Å². The van der Waals surface area contributed by atoms with E-state index in [2.05, 4.69) is 15.3 Å². The molecule has 29 heavy (non-hydrogen) atoms. The number of nitrogens with zero attached hydrogens (tertiary/aromatic N) is 3. The van der Waals surface area contributed by atoms with Gasteiger partial charge in [-0.25, -0.2) is 5.10 Å². The summed E-state index contributed by atoms with van der Waals surface area (Å²) in [6.07, 6.45) is 3.24. The van der Waals surface area contributed by atoms with Crippen LogP contribution in [0.2, 0.25) is 0 Å². The van der Waals surface area contributed by atoms with Crippen LogP contribution in [0.4, 0.5) is 0 Å². The lowest BCUT2D eigenvalue weighted by Crippen LogP contribution is -1.99. The number of H-pyrrole nitrogens is 1. The third-order valence-electron chi connectivity index (χ3n) is 4.14. The van der Waals surface area contributed by atoms with Crippen molar-refractivity contribution in [3.63, 3.8) is 0 Å². The van der Waals surface area contributed by atoms with Crippen LogP contribution in [0.25, 0.3) is 11.6 Å². The lowest BCUT2D eigenvalue weighted by Gasteiger charge is -2.11. The molecule has 0 aliphatic carbocycles. The van der Waals surface area contributed by atoms with Crippen molar-refractivity contribution in [1.82, 2.24) is 14.9 Å². The van der Waals surface area contributed by atoms with Crippen LogP contribution in [0.1, 0.15) is 11.1 Å². The molecule has 2 aromatic heterocycles. The normalized spacial score (nSPS) is 11.1. The van der Waals surface area contributed by atoms with Gasteiger partial charge < -0.3 is 13.9 Å². The van der Waals surface area contributed by atoms with Gasteiger partial charge in [0.15, 0.2) is 17.3 Å². The molecule has 146 valence electrons. The number of aromatic nitrogens is 3. The van der Waals surface area contributed by atoms with Crippen molar-refractivity contribution in [2.45, 2.75) is 6.61 Å². The van der Waals surface area contributed by atoms with E-state index >= 15 is 0 Å². The van der Waals surface area contributed by atoms with Crippen molar-refractivity contribution < 1.29 is 13.9 Å². The summed E-state index contributed by atoms with van der Waals surface area (Å²) in [4.78, 5) is 0. The summed E-state index contributed by atoms with van der Waals surface area (Å²) in [7, 11) is 1.61. The van der Waals surface area contributed by atoms with Gasteiger partial charge in [0.1, 0.15) is 6.61 Å². The summed E-state index contributed by atoms with van der Waals surface area (Å²) >= 11 is 5.27. The Kier molecular flexibility index (Phi) is 5.53. The van der Waals surface area contributed by atoms with E-state index in [1.54, 1.807) is 31.7 Å². The Morgan fingerprint density at radius 1 is 1.14 bits per heavy atom. The average Bonchev–Trinajstić information content (AvgIpc) is 3.41. The van der Waals surface area contributed by atoms with E-state index in [4.69, 9.17) is 26.1 Å². The highest BCUT2D eigenvalue weighted by atomic mass is 32.1. The van der Waals surface area contributed by atoms with Gasteiger partial charge in [0, 0.05) is 0 Å². The maximum atomic E-state index is 5.95. The highest BCUT2D eigenvalue weighted by Gasteiger charge is 2.11. The van der Waals surface area contributed by atoms with Crippen LogP contribution in [0.3, 0.4) is 0 Å². The van der Waals surface area contributed by atoms with Crippen LogP contribution in [0, 0.1) is 4.77 Å². The summed E-state index contributed by atoms with van der Waals surface area (Å²) in [6, 6.07) is 19.1. The molecule has 0 saturated heterocycles. The van der Waals surface area contributed by atoms with Gasteiger partial charge in [0.25, 0.3) is 0 Å².